The van der Waals surface area contributed by atoms with Gasteiger partial charge >= 0.3 is 30.3 Å². The molecule has 1 aliphatic rings. The number of nitrogens with one attached hydrogen (secondary N) is 1. The first-order valence-corrected chi connectivity index (χ1v) is 10.7. The Bertz CT molecular complexity index is 1030. The summed E-state index contributed by atoms with van der Waals surface area (Å²) < 4.78 is 106. The fourth-order valence-electron chi connectivity index (χ4n) is 3.52. The lowest BCUT2D eigenvalue weighted by Gasteiger charge is -2.44. The van der Waals surface area contributed by atoms with Crippen LogP contribution < -0.4 is 10.1 Å². The Hall–Kier alpha value is -3.56. The summed E-state index contributed by atoms with van der Waals surface area (Å²) in [6.07, 6.45) is -17.0. The highest BCUT2D eigenvalue weighted by atomic mass is 19.4. The van der Waals surface area contributed by atoms with Gasteiger partial charge in [-0.3, -0.25) is 19.2 Å². The monoisotopic (exact) mass is 559 g/mol. The number of hydrogen-bond acceptors (Lipinski definition) is 9. The average molecular weight is 559 g/mol. The fourth-order valence-corrected chi connectivity index (χ4v) is 3.52. The first-order chi connectivity index (χ1) is 17.4. The Labute approximate surface area is 211 Å². The maximum Gasteiger partial charge on any atom is 0.416 e. The third kappa shape index (κ3) is 8.49. The van der Waals surface area contributed by atoms with Crippen molar-refractivity contribution in [2.45, 2.75) is 70.7 Å². The Morgan fingerprint density at radius 3 is 1.74 bits per heavy atom. The molecule has 2 rings (SSSR count). The standard InChI is InChI=1S/C22H23F6NO9/c1-9(30)29-17-19(36-12(4)33)18(35-11(3)32)16(8-34-10(2)31)38-20(17)37-15-6-13(21(23,24)25)5-14(7-15)22(26,27)28/h5-7,16-20H,8H2,1-4H3,(H,29,30)/t16-,17-,18+,19+,20-/m0/s1. The van der Waals surface area contributed by atoms with Gasteiger partial charge in [-0.05, 0) is 18.2 Å². The summed E-state index contributed by atoms with van der Waals surface area (Å²) in [5.41, 5.74) is -3.39. The summed E-state index contributed by atoms with van der Waals surface area (Å²) in [5, 5.41) is 2.28. The highest BCUT2D eigenvalue weighted by Crippen LogP contribution is 2.39. The molecule has 1 amide bonds. The van der Waals surface area contributed by atoms with Gasteiger partial charge in [0.2, 0.25) is 12.2 Å². The van der Waals surface area contributed by atoms with Gasteiger partial charge in [-0.1, -0.05) is 0 Å². The van der Waals surface area contributed by atoms with Crippen LogP contribution in [0, 0.1) is 0 Å². The molecule has 10 nitrogen and oxygen atoms in total. The van der Waals surface area contributed by atoms with Gasteiger partial charge in [0, 0.05) is 27.7 Å². The SMILES string of the molecule is CC(=O)N[C@@H]1[C@@H](Oc2cc(C(F)(F)F)cc(C(F)(F)F)c2)O[C@@H](COC(C)=O)[C@@H](OC(C)=O)[C@@H]1OC(C)=O. The number of alkyl halides is 6. The second-order valence-corrected chi connectivity index (χ2v) is 8.08. The van der Waals surface area contributed by atoms with E-state index in [0.717, 1.165) is 27.7 Å². The molecule has 1 saturated heterocycles. The van der Waals surface area contributed by atoms with Crippen LogP contribution in [-0.4, -0.2) is 61.1 Å². The highest BCUT2D eigenvalue weighted by Gasteiger charge is 2.52. The summed E-state index contributed by atoms with van der Waals surface area (Å²) in [5.74, 6) is -4.48. The molecule has 5 atom stereocenters. The third-order valence-corrected chi connectivity index (χ3v) is 4.88. The van der Waals surface area contributed by atoms with Gasteiger partial charge in [-0.2, -0.15) is 26.3 Å². The molecule has 1 N–H and O–H groups in total. The van der Waals surface area contributed by atoms with Crippen molar-refractivity contribution in [3.8, 4) is 5.75 Å². The number of hydrogen-bond donors (Lipinski definition) is 1. The van der Waals surface area contributed by atoms with E-state index in [4.69, 9.17) is 23.7 Å². The Balaban J connectivity index is 2.62. The second kappa shape index (κ2) is 11.9. The maximum absolute atomic E-state index is 13.3. The zero-order valence-corrected chi connectivity index (χ0v) is 20.3. The molecule has 1 fully saturated rings. The molecule has 0 aliphatic carbocycles. The van der Waals surface area contributed by atoms with Gasteiger partial charge in [0.1, 0.15) is 24.5 Å². The quantitative estimate of drug-likeness (QED) is 0.305. The van der Waals surface area contributed by atoms with Gasteiger partial charge in [-0.15, -0.1) is 0 Å². The molecule has 0 spiro atoms. The number of carbonyl (C=O) groups is 4. The van der Waals surface area contributed by atoms with Crippen LogP contribution in [0.15, 0.2) is 18.2 Å². The van der Waals surface area contributed by atoms with E-state index in [0.29, 0.717) is 0 Å². The fraction of sp³-hybridized carbons (Fsp3) is 0.545. The van der Waals surface area contributed by atoms with E-state index in [2.05, 4.69) is 5.32 Å². The van der Waals surface area contributed by atoms with Gasteiger partial charge in [0.05, 0.1) is 11.1 Å². The van der Waals surface area contributed by atoms with Crippen molar-refractivity contribution in [2.24, 2.45) is 0 Å². The van der Waals surface area contributed by atoms with Crippen LogP contribution in [0.1, 0.15) is 38.8 Å². The molecule has 0 saturated carbocycles. The molecule has 0 unspecified atom stereocenters. The lowest BCUT2D eigenvalue weighted by Crippen LogP contribution is -2.67. The molecule has 0 bridgehead atoms. The topological polar surface area (TPSA) is 126 Å². The molecule has 0 radical (unpaired) electrons. The molecule has 1 heterocycles. The van der Waals surface area contributed by atoms with Crippen molar-refractivity contribution in [1.29, 1.82) is 0 Å². The molecule has 16 heteroatoms. The van der Waals surface area contributed by atoms with Gasteiger partial charge in [0.25, 0.3) is 0 Å². The summed E-state index contributed by atoms with van der Waals surface area (Å²) >= 11 is 0. The summed E-state index contributed by atoms with van der Waals surface area (Å²) in [7, 11) is 0. The normalized spacial score (nSPS) is 23.7. The van der Waals surface area contributed by atoms with E-state index >= 15 is 0 Å². The highest BCUT2D eigenvalue weighted by molar-refractivity contribution is 5.73. The number of halogens is 6. The maximum atomic E-state index is 13.3. The predicted molar refractivity (Wildman–Crippen MR) is 111 cm³/mol. The van der Waals surface area contributed by atoms with Crippen LogP contribution in [0.25, 0.3) is 0 Å². The lowest BCUT2D eigenvalue weighted by atomic mass is 9.96. The van der Waals surface area contributed by atoms with E-state index in [1.165, 1.54) is 0 Å². The van der Waals surface area contributed by atoms with E-state index in [9.17, 15) is 45.5 Å². The zero-order valence-electron chi connectivity index (χ0n) is 20.3. The van der Waals surface area contributed by atoms with Crippen LogP contribution in [0.3, 0.4) is 0 Å². The molecular formula is C22H23F6NO9. The summed E-state index contributed by atoms with van der Waals surface area (Å²) in [4.78, 5) is 46.8. The van der Waals surface area contributed by atoms with Crippen molar-refractivity contribution < 1.29 is 69.2 Å². The third-order valence-electron chi connectivity index (χ3n) is 4.88. The van der Waals surface area contributed by atoms with Crippen molar-refractivity contribution in [3.63, 3.8) is 0 Å². The van der Waals surface area contributed by atoms with Crippen LogP contribution in [0.2, 0.25) is 0 Å². The van der Waals surface area contributed by atoms with E-state index < -0.39 is 90.3 Å². The van der Waals surface area contributed by atoms with Gasteiger partial charge in [0.15, 0.2) is 12.2 Å². The Morgan fingerprint density at radius 2 is 1.32 bits per heavy atom. The molecule has 1 aromatic carbocycles. The van der Waals surface area contributed by atoms with Crippen molar-refractivity contribution in [2.75, 3.05) is 6.61 Å². The Kier molecular flexibility index (Phi) is 9.58. The first-order valence-electron chi connectivity index (χ1n) is 10.7. The lowest BCUT2D eigenvalue weighted by molar-refractivity contribution is -0.257. The number of ether oxygens (including phenoxy) is 5. The molecule has 0 aromatic heterocycles. The number of amides is 1. The minimum absolute atomic E-state index is 0.123. The number of rotatable bonds is 7. The minimum Gasteiger partial charge on any atom is -0.463 e. The number of carbonyl (C=O) groups excluding carboxylic acids is 4. The number of esters is 3. The van der Waals surface area contributed by atoms with Crippen molar-refractivity contribution >= 4 is 23.8 Å². The van der Waals surface area contributed by atoms with E-state index in [1.807, 2.05) is 0 Å². The second-order valence-electron chi connectivity index (χ2n) is 8.08. The van der Waals surface area contributed by atoms with Crippen LogP contribution in [0.4, 0.5) is 26.3 Å². The van der Waals surface area contributed by atoms with Crippen molar-refractivity contribution in [1.82, 2.24) is 5.32 Å². The number of benzene rings is 1. The van der Waals surface area contributed by atoms with E-state index in [1.54, 1.807) is 0 Å². The predicted octanol–water partition coefficient (Wildman–Crippen LogP) is 2.76. The zero-order chi connectivity index (χ0) is 29.0. The minimum atomic E-state index is -5.19. The van der Waals surface area contributed by atoms with Gasteiger partial charge in [-0.25, -0.2) is 0 Å². The first kappa shape index (κ1) is 30.7. The van der Waals surface area contributed by atoms with Crippen molar-refractivity contribution in [3.05, 3.63) is 29.3 Å². The van der Waals surface area contributed by atoms with Crippen LogP contribution >= 0.6 is 0 Å². The van der Waals surface area contributed by atoms with Crippen LogP contribution in [0.5, 0.6) is 5.75 Å². The Morgan fingerprint density at radius 1 is 0.816 bits per heavy atom. The van der Waals surface area contributed by atoms with Gasteiger partial charge < -0.3 is 29.0 Å². The smallest absolute Gasteiger partial charge is 0.416 e. The molecule has 1 aromatic rings. The largest absolute Gasteiger partial charge is 0.463 e. The average Bonchev–Trinajstić information content (AvgIpc) is 2.74. The molecular weight excluding hydrogens is 536 g/mol. The summed E-state index contributed by atoms with van der Waals surface area (Å²) in [6, 6.07) is -1.20. The van der Waals surface area contributed by atoms with E-state index in [-0.39, 0.29) is 18.2 Å². The molecule has 1 aliphatic heterocycles. The summed E-state index contributed by atoms with van der Waals surface area (Å²) in [6.45, 7) is 3.28. The molecule has 38 heavy (non-hydrogen) atoms. The van der Waals surface area contributed by atoms with Crippen LogP contribution in [-0.2, 0) is 50.5 Å². The molecule has 212 valence electrons.